The summed E-state index contributed by atoms with van der Waals surface area (Å²) in [5.41, 5.74) is 8.09. The van der Waals surface area contributed by atoms with Gasteiger partial charge in [-0.15, -0.1) is 11.3 Å². The minimum Gasteiger partial charge on any atom is -0.399 e. The summed E-state index contributed by atoms with van der Waals surface area (Å²) in [5, 5.41) is 13.9. The van der Waals surface area contributed by atoms with E-state index in [2.05, 4.69) is 10.3 Å². The van der Waals surface area contributed by atoms with Crippen molar-refractivity contribution in [3.8, 4) is 10.6 Å². The second-order valence-corrected chi connectivity index (χ2v) is 4.88. The number of nitrogen functional groups attached to an aromatic ring is 1. The first-order valence-electron chi connectivity index (χ1n) is 5.87. The maximum Gasteiger partial charge on any atom is 0.226 e. The number of rotatable bonds is 5. The molecule has 0 atom stereocenters. The van der Waals surface area contributed by atoms with Gasteiger partial charge in [0.25, 0.3) is 0 Å². The Labute approximate surface area is 115 Å². The predicted molar refractivity (Wildman–Crippen MR) is 75.8 cm³/mol. The molecule has 2 rings (SSSR count). The van der Waals surface area contributed by atoms with Crippen molar-refractivity contribution in [1.82, 2.24) is 10.3 Å². The predicted octanol–water partition coefficient (Wildman–Crippen LogP) is 1.04. The van der Waals surface area contributed by atoms with Crippen LogP contribution in [0.1, 0.15) is 5.69 Å². The zero-order valence-electron chi connectivity index (χ0n) is 10.3. The maximum absolute atomic E-state index is 11.5. The van der Waals surface area contributed by atoms with Gasteiger partial charge in [0, 0.05) is 23.2 Å². The molecule has 1 aromatic heterocycles. The lowest BCUT2D eigenvalue weighted by molar-refractivity contribution is -0.120. The van der Waals surface area contributed by atoms with Crippen molar-refractivity contribution < 1.29 is 9.90 Å². The molecule has 5 nitrogen and oxygen atoms in total. The highest BCUT2D eigenvalue weighted by Crippen LogP contribution is 2.25. The molecule has 0 fully saturated rings. The average Bonchev–Trinajstić information content (AvgIpc) is 2.85. The number of anilines is 1. The van der Waals surface area contributed by atoms with Gasteiger partial charge in [-0.2, -0.15) is 0 Å². The van der Waals surface area contributed by atoms with Gasteiger partial charge in [-0.25, -0.2) is 4.98 Å². The van der Waals surface area contributed by atoms with E-state index in [1.165, 1.54) is 11.3 Å². The first-order chi connectivity index (χ1) is 9.19. The van der Waals surface area contributed by atoms with Crippen molar-refractivity contribution in [2.45, 2.75) is 6.42 Å². The molecular formula is C13H15N3O2S. The standard InChI is InChI=1S/C13H15N3O2S/c14-10-3-1-2-9(6-10)13-16-11(8-19-13)7-12(18)15-4-5-17/h1-3,6,8,17H,4-5,7,14H2,(H,15,18). The molecule has 0 aliphatic rings. The summed E-state index contributed by atoms with van der Waals surface area (Å²) >= 11 is 1.48. The Morgan fingerprint density at radius 2 is 2.32 bits per heavy atom. The highest BCUT2D eigenvalue weighted by Gasteiger charge is 2.08. The molecule has 2 aromatic rings. The van der Waals surface area contributed by atoms with Crippen LogP contribution in [0, 0.1) is 0 Å². The van der Waals surface area contributed by atoms with E-state index >= 15 is 0 Å². The molecule has 0 saturated carbocycles. The van der Waals surface area contributed by atoms with Crippen LogP contribution >= 0.6 is 11.3 Å². The molecular weight excluding hydrogens is 262 g/mol. The van der Waals surface area contributed by atoms with E-state index in [0.29, 0.717) is 5.69 Å². The number of aliphatic hydroxyl groups excluding tert-OH is 1. The normalized spacial score (nSPS) is 10.4. The number of carbonyl (C=O) groups excluding carboxylic acids is 1. The number of nitrogens with one attached hydrogen (secondary N) is 1. The molecule has 100 valence electrons. The van der Waals surface area contributed by atoms with Crippen LogP contribution in [0.5, 0.6) is 0 Å². The molecule has 1 heterocycles. The van der Waals surface area contributed by atoms with E-state index in [4.69, 9.17) is 10.8 Å². The quantitative estimate of drug-likeness (QED) is 0.713. The summed E-state index contributed by atoms with van der Waals surface area (Å²) in [6, 6.07) is 7.49. The molecule has 0 bridgehead atoms. The lowest BCUT2D eigenvalue weighted by atomic mass is 10.2. The van der Waals surface area contributed by atoms with Crippen LogP contribution in [0.4, 0.5) is 5.69 Å². The lowest BCUT2D eigenvalue weighted by Gasteiger charge is -2.00. The van der Waals surface area contributed by atoms with Crippen LogP contribution in [-0.2, 0) is 11.2 Å². The van der Waals surface area contributed by atoms with Gasteiger partial charge in [0.2, 0.25) is 5.91 Å². The van der Waals surface area contributed by atoms with Gasteiger partial charge in [0.05, 0.1) is 18.7 Å². The summed E-state index contributed by atoms with van der Waals surface area (Å²) in [4.78, 5) is 15.9. The molecule has 0 saturated heterocycles. The number of aromatic nitrogens is 1. The van der Waals surface area contributed by atoms with E-state index in [9.17, 15) is 4.79 Å². The molecule has 0 radical (unpaired) electrons. The largest absolute Gasteiger partial charge is 0.399 e. The highest BCUT2D eigenvalue weighted by atomic mass is 32.1. The molecule has 1 aromatic carbocycles. The third-order valence-corrected chi connectivity index (χ3v) is 3.40. The zero-order valence-corrected chi connectivity index (χ0v) is 11.1. The number of nitrogens with zero attached hydrogens (tertiary/aromatic N) is 1. The van der Waals surface area contributed by atoms with Gasteiger partial charge in [-0.3, -0.25) is 4.79 Å². The number of nitrogens with two attached hydrogens (primary N) is 1. The second-order valence-electron chi connectivity index (χ2n) is 4.02. The van der Waals surface area contributed by atoms with Gasteiger partial charge in [-0.1, -0.05) is 12.1 Å². The smallest absolute Gasteiger partial charge is 0.226 e. The first kappa shape index (κ1) is 13.5. The SMILES string of the molecule is Nc1cccc(-c2nc(CC(=O)NCCO)cs2)c1. The Bertz CT molecular complexity index is 569. The van der Waals surface area contributed by atoms with E-state index < -0.39 is 0 Å². The van der Waals surface area contributed by atoms with Crippen LogP contribution in [0.3, 0.4) is 0 Å². The van der Waals surface area contributed by atoms with E-state index in [1.54, 1.807) is 0 Å². The van der Waals surface area contributed by atoms with Crippen LogP contribution in [0.25, 0.3) is 10.6 Å². The van der Waals surface area contributed by atoms with Gasteiger partial charge in [-0.05, 0) is 12.1 Å². The molecule has 19 heavy (non-hydrogen) atoms. The van der Waals surface area contributed by atoms with E-state index in [0.717, 1.165) is 16.3 Å². The van der Waals surface area contributed by atoms with Gasteiger partial charge in [0.15, 0.2) is 0 Å². The fourth-order valence-electron chi connectivity index (χ4n) is 1.61. The topological polar surface area (TPSA) is 88.2 Å². The van der Waals surface area contributed by atoms with Crippen molar-refractivity contribution in [1.29, 1.82) is 0 Å². The number of hydrogen-bond acceptors (Lipinski definition) is 5. The third-order valence-electron chi connectivity index (χ3n) is 2.46. The van der Waals surface area contributed by atoms with Crippen LogP contribution < -0.4 is 11.1 Å². The average molecular weight is 277 g/mol. The fourth-order valence-corrected chi connectivity index (χ4v) is 2.43. The highest BCUT2D eigenvalue weighted by molar-refractivity contribution is 7.13. The Morgan fingerprint density at radius 1 is 1.47 bits per heavy atom. The number of amides is 1. The van der Waals surface area contributed by atoms with Crippen LogP contribution in [-0.4, -0.2) is 29.1 Å². The Balaban J connectivity index is 2.05. The fraction of sp³-hybridized carbons (Fsp3) is 0.231. The van der Waals surface area contributed by atoms with Gasteiger partial charge < -0.3 is 16.2 Å². The number of aliphatic hydroxyl groups is 1. The number of hydrogen-bond donors (Lipinski definition) is 3. The summed E-state index contributed by atoms with van der Waals surface area (Å²) in [6.45, 7) is 0.211. The van der Waals surface area contributed by atoms with Gasteiger partial charge >= 0.3 is 0 Å². The number of thiazole rings is 1. The van der Waals surface area contributed by atoms with Gasteiger partial charge in [0.1, 0.15) is 5.01 Å². The lowest BCUT2D eigenvalue weighted by Crippen LogP contribution is -2.27. The van der Waals surface area contributed by atoms with Crippen molar-refractivity contribution in [3.05, 3.63) is 35.3 Å². The minimum atomic E-state index is -0.140. The zero-order chi connectivity index (χ0) is 13.7. The van der Waals surface area contributed by atoms with Crippen LogP contribution in [0.2, 0.25) is 0 Å². The molecule has 0 spiro atoms. The maximum atomic E-state index is 11.5. The third kappa shape index (κ3) is 3.77. The minimum absolute atomic E-state index is 0.0582. The molecule has 6 heteroatoms. The summed E-state index contributed by atoms with van der Waals surface area (Å²) < 4.78 is 0. The molecule has 0 aliphatic heterocycles. The Morgan fingerprint density at radius 3 is 3.05 bits per heavy atom. The van der Waals surface area contributed by atoms with Crippen LogP contribution in [0.15, 0.2) is 29.6 Å². The molecule has 4 N–H and O–H groups in total. The van der Waals surface area contributed by atoms with E-state index in [-0.39, 0.29) is 25.5 Å². The van der Waals surface area contributed by atoms with Crippen molar-refractivity contribution >= 4 is 22.9 Å². The van der Waals surface area contributed by atoms with Crippen molar-refractivity contribution in [3.63, 3.8) is 0 Å². The number of carbonyl (C=O) groups is 1. The molecule has 0 unspecified atom stereocenters. The van der Waals surface area contributed by atoms with Crippen molar-refractivity contribution in [2.24, 2.45) is 0 Å². The van der Waals surface area contributed by atoms with Crippen molar-refractivity contribution in [2.75, 3.05) is 18.9 Å². The van der Waals surface area contributed by atoms with E-state index in [1.807, 2.05) is 29.6 Å². The summed E-state index contributed by atoms with van der Waals surface area (Å²) in [7, 11) is 0. The Hall–Kier alpha value is -1.92. The monoisotopic (exact) mass is 277 g/mol. The summed E-state index contributed by atoms with van der Waals surface area (Å²) in [5.74, 6) is -0.140. The summed E-state index contributed by atoms with van der Waals surface area (Å²) in [6.07, 6.45) is 0.221. The molecule has 0 aliphatic carbocycles. The number of benzene rings is 1. The first-order valence-corrected chi connectivity index (χ1v) is 6.75. The second kappa shape index (κ2) is 6.31. The molecule has 1 amide bonds. The Kier molecular flexibility index (Phi) is 4.48.